The molecule has 5 aromatic rings. The van der Waals surface area contributed by atoms with Crippen LogP contribution < -0.4 is 0 Å². The van der Waals surface area contributed by atoms with Crippen LogP contribution in [0.4, 0.5) is 0 Å². The van der Waals surface area contributed by atoms with E-state index in [1.54, 1.807) is 44.2 Å². The third-order valence-corrected chi connectivity index (χ3v) is 9.80. The average Bonchev–Trinajstić information content (AvgIpc) is 3.67. The van der Waals surface area contributed by atoms with Gasteiger partial charge in [-0.25, -0.2) is 4.98 Å². The van der Waals surface area contributed by atoms with Crippen molar-refractivity contribution in [3.63, 3.8) is 0 Å². The van der Waals surface area contributed by atoms with E-state index in [2.05, 4.69) is 37.9 Å². The summed E-state index contributed by atoms with van der Waals surface area (Å²) < 4.78 is 49.1. The van der Waals surface area contributed by atoms with Crippen LogP contribution in [0.15, 0.2) is 52.8 Å². The number of aliphatic hydroxyl groups is 1. The first kappa shape index (κ1) is 32.4. The Morgan fingerprint density at radius 1 is 1.02 bits per heavy atom. The molecule has 5 rings (SSSR count). The number of aromatic nitrogens is 2. The summed E-state index contributed by atoms with van der Waals surface area (Å²) in [4.78, 5) is 21.1. The van der Waals surface area contributed by atoms with Crippen LogP contribution in [0.5, 0.6) is 0 Å². The minimum atomic E-state index is -2.50. The van der Waals surface area contributed by atoms with E-state index in [9.17, 15) is 9.90 Å². The Bertz CT molecular complexity index is 2080. The zero-order valence-electron chi connectivity index (χ0n) is 34.9. The van der Waals surface area contributed by atoms with E-state index in [1.807, 2.05) is 39.8 Å². The van der Waals surface area contributed by atoms with Gasteiger partial charge in [0.1, 0.15) is 11.1 Å². The molecule has 5 nitrogen and oxygen atoms in total. The normalized spacial score (nSPS) is 14.7. The third kappa shape index (κ3) is 9.02. The van der Waals surface area contributed by atoms with Crippen molar-refractivity contribution in [2.24, 2.45) is 17.3 Å². The van der Waals surface area contributed by atoms with Gasteiger partial charge in [-0.05, 0) is 61.6 Å². The zero-order chi connectivity index (χ0) is 39.0. The monoisotopic (exact) mass is 851 g/mol. The molecule has 0 saturated heterocycles. The molecule has 0 atom stereocenters. The molecule has 0 bridgehead atoms. The van der Waals surface area contributed by atoms with Crippen LogP contribution in [-0.4, -0.2) is 20.9 Å². The molecule has 7 heteroatoms. The molecule has 3 heterocycles. The number of carbonyl (C=O) groups is 1. The van der Waals surface area contributed by atoms with Crippen molar-refractivity contribution in [3.05, 3.63) is 70.6 Å². The van der Waals surface area contributed by atoms with Gasteiger partial charge in [-0.1, -0.05) is 97.9 Å². The van der Waals surface area contributed by atoms with Gasteiger partial charge in [0.15, 0.2) is 5.78 Å². The number of rotatable bonds is 9. The maximum atomic E-state index is 11.7. The van der Waals surface area contributed by atoms with Crippen molar-refractivity contribution in [1.82, 2.24) is 9.97 Å². The number of nitrogens with zero attached hydrogens (tertiary/aromatic N) is 2. The predicted octanol–water partition coefficient (Wildman–Crippen LogP) is 12.1. The van der Waals surface area contributed by atoms with E-state index in [-0.39, 0.29) is 60.0 Å². The Kier molecular flexibility index (Phi) is 10.9. The Morgan fingerprint density at radius 2 is 1.67 bits per heavy atom. The molecule has 2 aromatic carbocycles. The molecule has 3 aromatic heterocycles. The molecule has 0 aliphatic carbocycles. The number of furan rings is 1. The van der Waals surface area contributed by atoms with Gasteiger partial charge in [-0.3, -0.25) is 4.79 Å². The molecule has 1 radical (unpaired) electrons. The fraction of sp³-hybridized carbons (Fsp3) is 0.488. The van der Waals surface area contributed by atoms with Crippen molar-refractivity contribution < 1.29 is 41.3 Å². The van der Waals surface area contributed by atoms with Gasteiger partial charge in [0.25, 0.3) is 0 Å². The standard InChI is InChI=1S/C28H29N2OS.C13H24O2.Ir/c1-16-15-29-21(13-17(16)14-27(2,3)4)20-10-8-9-18-19-11-12-22-23(25(19)31-24(18)20)30-26(32-22)28(5,6)7;1-5-10(6-2)12(14)9-13(15)11(7-3)8-4;/h8-9,11-13,15H,14H2,1-7H3;9-11,14H,5-8H2,1-4H3;/q-1;;/b;12-9-;/i1D3,14D2;;. The molecule has 0 unspecified atom stereocenters. The first-order chi connectivity index (χ1) is 24.1. The minimum absolute atomic E-state index is 0. The van der Waals surface area contributed by atoms with Gasteiger partial charge in [0.05, 0.1) is 21.0 Å². The van der Waals surface area contributed by atoms with E-state index in [0.717, 1.165) is 51.7 Å². The summed E-state index contributed by atoms with van der Waals surface area (Å²) in [5.74, 6) is 0.547. The van der Waals surface area contributed by atoms with Gasteiger partial charge in [0.2, 0.25) is 0 Å². The Balaban J connectivity index is 0.000000403. The SMILES string of the molecule is CCC(CC)C(=O)/C=C(\O)C(CC)CC.[2H]C([2H])([2H])c1cnc(-c2[c-]ccc3c2oc2c3ccc3sc(C(C)(C)C)nc32)cc1C([2H])([2H])C(C)(C)C.[Ir]. The summed E-state index contributed by atoms with van der Waals surface area (Å²) in [6.45, 7) is 17.2. The molecule has 0 saturated carbocycles. The summed E-state index contributed by atoms with van der Waals surface area (Å²) in [6, 6.07) is 12.6. The quantitative estimate of drug-likeness (QED) is 0.0908. The molecular formula is C41H53IrN2O3S-. The van der Waals surface area contributed by atoms with E-state index in [4.69, 9.17) is 16.3 Å². The summed E-state index contributed by atoms with van der Waals surface area (Å²) in [5.41, 5.74) is 2.10. The van der Waals surface area contributed by atoms with E-state index in [0.29, 0.717) is 22.4 Å². The maximum Gasteiger partial charge on any atom is 0.162 e. The van der Waals surface area contributed by atoms with Crippen LogP contribution in [0.2, 0.25) is 0 Å². The molecular weight excluding hydrogens is 793 g/mol. The second-order valence-corrected chi connectivity index (χ2v) is 15.3. The molecule has 261 valence electrons. The first-order valence-corrected chi connectivity index (χ1v) is 17.5. The van der Waals surface area contributed by atoms with Gasteiger partial charge < -0.3 is 14.5 Å². The fourth-order valence-electron chi connectivity index (χ4n) is 5.58. The number of ketones is 1. The van der Waals surface area contributed by atoms with E-state index in [1.165, 1.54) is 12.3 Å². The molecule has 0 aliphatic rings. The van der Waals surface area contributed by atoms with Gasteiger partial charge in [0, 0.05) is 61.9 Å². The number of hydrogen-bond acceptors (Lipinski definition) is 6. The van der Waals surface area contributed by atoms with Crippen molar-refractivity contribution in [3.8, 4) is 11.3 Å². The van der Waals surface area contributed by atoms with Gasteiger partial charge >= 0.3 is 0 Å². The number of aryl methyl sites for hydroxylation is 1. The number of fused-ring (bicyclic) bond motifs is 5. The van der Waals surface area contributed by atoms with Crippen LogP contribution >= 0.6 is 11.3 Å². The summed E-state index contributed by atoms with van der Waals surface area (Å²) in [5, 5.41) is 12.6. The summed E-state index contributed by atoms with van der Waals surface area (Å²) in [7, 11) is 0. The second-order valence-electron chi connectivity index (χ2n) is 14.2. The molecule has 1 N–H and O–H groups in total. The number of aliphatic hydroxyl groups excluding tert-OH is 1. The summed E-state index contributed by atoms with van der Waals surface area (Å²) >= 11 is 1.65. The van der Waals surface area contributed by atoms with Crippen LogP contribution in [0.1, 0.15) is 118 Å². The Labute approximate surface area is 312 Å². The van der Waals surface area contributed by atoms with Crippen molar-refractivity contribution in [1.29, 1.82) is 0 Å². The van der Waals surface area contributed by atoms with Crippen LogP contribution in [0.25, 0.3) is 43.4 Å². The van der Waals surface area contributed by atoms with E-state index >= 15 is 0 Å². The molecule has 0 spiro atoms. The molecule has 0 aliphatic heterocycles. The maximum absolute atomic E-state index is 11.7. The number of benzene rings is 2. The summed E-state index contributed by atoms with van der Waals surface area (Å²) in [6.07, 6.45) is 4.25. The predicted molar refractivity (Wildman–Crippen MR) is 199 cm³/mol. The average molecular weight is 851 g/mol. The van der Waals surface area contributed by atoms with Crippen LogP contribution in [0, 0.1) is 30.2 Å². The third-order valence-electron chi connectivity index (χ3n) is 8.35. The molecule has 48 heavy (non-hydrogen) atoms. The van der Waals surface area contributed by atoms with Gasteiger partial charge in [-0.2, -0.15) is 0 Å². The molecule has 0 fully saturated rings. The van der Waals surface area contributed by atoms with Crippen molar-refractivity contribution in [2.75, 3.05) is 0 Å². The van der Waals surface area contributed by atoms with Crippen molar-refractivity contribution in [2.45, 2.75) is 114 Å². The smallest absolute Gasteiger partial charge is 0.162 e. The minimum Gasteiger partial charge on any atom is -0.512 e. The number of hydrogen-bond donors (Lipinski definition) is 1. The fourth-order valence-corrected chi connectivity index (χ4v) is 6.60. The second kappa shape index (κ2) is 16.2. The van der Waals surface area contributed by atoms with Crippen LogP contribution in [-0.2, 0) is 36.7 Å². The number of allylic oxidation sites excluding steroid dienone is 2. The van der Waals surface area contributed by atoms with Crippen molar-refractivity contribution >= 4 is 49.3 Å². The Hall–Kier alpha value is -2.86. The van der Waals surface area contributed by atoms with Crippen LogP contribution in [0.3, 0.4) is 0 Å². The Morgan fingerprint density at radius 3 is 2.25 bits per heavy atom. The first-order valence-electron chi connectivity index (χ1n) is 19.2. The number of pyridine rings is 1. The largest absolute Gasteiger partial charge is 0.512 e. The number of carbonyl (C=O) groups excluding carboxylic acids is 1. The topological polar surface area (TPSA) is 76.2 Å². The zero-order valence-corrected chi connectivity index (χ0v) is 33.1. The number of thiazole rings is 1. The van der Waals surface area contributed by atoms with E-state index < -0.39 is 18.6 Å². The molecule has 0 amide bonds. The van der Waals surface area contributed by atoms with Gasteiger partial charge in [-0.15, -0.1) is 29.5 Å².